The smallest absolute Gasteiger partial charge is 0.319 e. The van der Waals surface area contributed by atoms with Gasteiger partial charge in [0.1, 0.15) is 6.54 Å². The highest BCUT2D eigenvalue weighted by Crippen LogP contribution is 2.21. The molecule has 0 saturated carbocycles. The van der Waals surface area contributed by atoms with Gasteiger partial charge in [-0.1, -0.05) is 24.3 Å². The van der Waals surface area contributed by atoms with Crippen molar-refractivity contribution in [2.24, 2.45) is 0 Å². The van der Waals surface area contributed by atoms with Crippen molar-refractivity contribution in [2.45, 2.75) is 25.6 Å². The minimum Gasteiger partial charge on any atom is -0.390 e. The number of fused-ring (bicyclic) bond motifs is 2. The second kappa shape index (κ2) is 10.1. The summed E-state index contributed by atoms with van der Waals surface area (Å²) in [6.07, 6.45) is 2.20. The van der Waals surface area contributed by atoms with E-state index < -0.39 is 6.10 Å². The zero-order valence-electron chi connectivity index (χ0n) is 19.1. The lowest BCUT2D eigenvalue weighted by molar-refractivity contribution is -0.129. The molecule has 1 unspecified atom stereocenters. The molecular formula is C25H31N5O3. The van der Waals surface area contributed by atoms with Crippen LogP contribution in [0.2, 0.25) is 0 Å². The number of urea groups is 1. The standard InChI is InChI=1S/C25H31N5O3/c1-28(2)24(32)17-30-12-10-19-13-21(7-8-23(19)30)27-25(33)26-14-22(31)16-29-11-9-18-5-3-4-6-20(18)15-29/h3-8,10,12-13,22,31H,9,11,14-17H2,1-2H3,(H2,26,27,33). The quantitative estimate of drug-likeness (QED) is 0.516. The first-order valence-electron chi connectivity index (χ1n) is 11.2. The molecule has 174 valence electrons. The van der Waals surface area contributed by atoms with Gasteiger partial charge in [-0.2, -0.15) is 0 Å². The van der Waals surface area contributed by atoms with Crippen LogP contribution in [0.1, 0.15) is 11.1 Å². The van der Waals surface area contributed by atoms with Crippen molar-refractivity contribution in [3.8, 4) is 0 Å². The maximum atomic E-state index is 12.3. The first kappa shape index (κ1) is 22.8. The molecule has 1 aliphatic rings. The molecule has 33 heavy (non-hydrogen) atoms. The number of likely N-dealkylation sites (N-methyl/N-ethyl adjacent to an activating group) is 1. The molecule has 1 aromatic heterocycles. The van der Waals surface area contributed by atoms with E-state index in [2.05, 4.69) is 33.7 Å². The maximum Gasteiger partial charge on any atom is 0.319 e. The Morgan fingerprint density at radius 3 is 2.70 bits per heavy atom. The molecule has 1 aliphatic heterocycles. The van der Waals surface area contributed by atoms with Crippen LogP contribution < -0.4 is 10.6 Å². The number of amides is 3. The van der Waals surface area contributed by atoms with Gasteiger partial charge in [-0.3, -0.25) is 9.69 Å². The zero-order valence-corrected chi connectivity index (χ0v) is 19.1. The predicted octanol–water partition coefficient (Wildman–Crippen LogP) is 2.27. The molecule has 0 radical (unpaired) electrons. The number of β-amino-alcohol motifs (C(OH)–C–C–N with tert-alkyl or cyclic N) is 1. The molecule has 0 aliphatic carbocycles. The van der Waals surface area contributed by atoms with Crippen LogP contribution in [-0.4, -0.2) is 71.2 Å². The molecule has 0 saturated heterocycles. The van der Waals surface area contributed by atoms with E-state index in [0.717, 1.165) is 30.4 Å². The lowest BCUT2D eigenvalue weighted by atomic mass is 10.00. The van der Waals surface area contributed by atoms with E-state index in [-0.39, 0.29) is 25.0 Å². The third kappa shape index (κ3) is 5.71. The van der Waals surface area contributed by atoms with Gasteiger partial charge in [-0.25, -0.2) is 4.79 Å². The number of hydrogen-bond acceptors (Lipinski definition) is 4. The lowest BCUT2D eigenvalue weighted by Crippen LogP contribution is -2.42. The molecule has 4 rings (SSSR count). The Hall–Kier alpha value is -3.36. The largest absolute Gasteiger partial charge is 0.390 e. The van der Waals surface area contributed by atoms with Gasteiger partial charge < -0.3 is 25.2 Å². The van der Waals surface area contributed by atoms with Gasteiger partial charge in [0, 0.05) is 63.1 Å². The lowest BCUT2D eigenvalue weighted by Gasteiger charge is -2.30. The summed E-state index contributed by atoms with van der Waals surface area (Å²) < 4.78 is 1.89. The van der Waals surface area contributed by atoms with E-state index in [1.807, 2.05) is 35.0 Å². The number of aliphatic hydroxyl groups is 1. The number of carbonyl (C=O) groups is 2. The van der Waals surface area contributed by atoms with Crippen molar-refractivity contribution in [3.05, 3.63) is 65.9 Å². The van der Waals surface area contributed by atoms with Crippen LogP contribution in [0.3, 0.4) is 0 Å². The summed E-state index contributed by atoms with van der Waals surface area (Å²) in [5.41, 5.74) is 4.25. The summed E-state index contributed by atoms with van der Waals surface area (Å²) in [5, 5.41) is 16.9. The maximum absolute atomic E-state index is 12.3. The normalized spacial score (nSPS) is 14.5. The highest BCUT2D eigenvalue weighted by molar-refractivity contribution is 5.93. The summed E-state index contributed by atoms with van der Waals surface area (Å²) in [6, 6.07) is 15.5. The molecule has 3 amide bonds. The Labute approximate surface area is 193 Å². The number of rotatable bonds is 7. The molecule has 2 aromatic carbocycles. The van der Waals surface area contributed by atoms with Crippen LogP contribution >= 0.6 is 0 Å². The van der Waals surface area contributed by atoms with Crippen LogP contribution in [0.25, 0.3) is 10.9 Å². The number of aromatic nitrogens is 1. The number of anilines is 1. The van der Waals surface area contributed by atoms with Gasteiger partial charge in [0.15, 0.2) is 0 Å². The van der Waals surface area contributed by atoms with Crippen LogP contribution in [0.4, 0.5) is 10.5 Å². The molecule has 3 N–H and O–H groups in total. The molecule has 0 fully saturated rings. The second-order valence-electron chi connectivity index (χ2n) is 8.75. The van der Waals surface area contributed by atoms with E-state index in [9.17, 15) is 14.7 Å². The molecular weight excluding hydrogens is 418 g/mol. The van der Waals surface area contributed by atoms with Crippen molar-refractivity contribution in [1.29, 1.82) is 0 Å². The molecule has 8 heteroatoms. The Bertz CT molecular complexity index is 1140. The van der Waals surface area contributed by atoms with Crippen molar-refractivity contribution in [3.63, 3.8) is 0 Å². The SMILES string of the molecule is CN(C)C(=O)Cn1ccc2cc(NC(=O)NCC(O)CN3CCc4ccccc4C3)ccc21. The highest BCUT2D eigenvalue weighted by Gasteiger charge is 2.19. The van der Waals surface area contributed by atoms with Crippen LogP contribution in [-0.2, 0) is 24.3 Å². The fraction of sp³-hybridized carbons (Fsp3) is 0.360. The van der Waals surface area contributed by atoms with Gasteiger partial charge in [0.2, 0.25) is 5.91 Å². The molecule has 2 heterocycles. The van der Waals surface area contributed by atoms with E-state index >= 15 is 0 Å². The second-order valence-corrected chi connectivity index (χ2v) is 8.75. The molecule has 8 nitrogen and oxygen atoms in total. The van der Waals surface area contributed by atoms with Gasteiger partial charge in [0.05, 0.1) is 6.10 Å². The van der Waals surface area contributed by atoms with Gasteiger partial charge in [0.25, 0.3) is 0 Å². The topological polar surface area (TPSA) is 89.8 Å². The van der Waals surface area contributed by atoms with Gasteiger partial charge in [-0.05, 0) is 41.8 Å². The molecule has 1 atom stereocenters. The van der Waals surface area contributed by atoms with Crippen LogP contribution in [0.5, 0.6) is 0 Å². The van der Waals surface area contributed by atoms with E-state index in [1.54, 1.807) is 25.1 Å². The number of nitrogens with zero attached hydrogens (tertiary/aromatic N) is 3. The third-order valence-corrected chi connectivity index (χ3v) is 6.01. The Morgan fingerprint density at radius 1 is 1.12 bits per heavy atom. The monoisotopic (exact) mass is 449 g/mol. The Kier molecular flexibility index (Phi) is 6.96. The number of aliphatic hydroxyl groups excluding tert-OH is 1. The van der Waals surface area contributed by atoms with Gasteiger partial charge >= 0.3 is 6.03 Å². The summed E-state index contributed by atoms with van der Waals surface area (Å²) in [6.45, 7) is 2.68. The average molecular weight is 450 g/mol. The first-order valence-corrected chi connectivity index (χ1v) is 11.2. The summed E-state index contributed by atoms with van der Waals surface area (Å²) >= 11 is 0. The summed E-state index contributed by atoms with van der Waals surface area (Å²) in [7, 11) is 3.47. The van der Waals surface area contributed by atoms with E-state index in [0.29, 0.717) is 12.2 Å². The minimum absolute atomic E-state index is 0.0152. The zero-order chi connectivity index (χ0) is 23.4. The summed E-state index contributed by atoms with van der Waals surface area (Å²) in [4.78, 5) is 28.1. The molecule has 0 bridgehead atoms. The Balaban J connectivity index is 1.26. The van der Waals surface area contributed by atoms with E-state index in [1.165, 1.54) is 11.1 Å². The first-order chi connectivity index (χ1) is 15.9. The number of hydrogen-bond donors (Lipinski definition) is 3. The van der Waals surface area contributed by atoms with E-state index in [4.69, 9.17) is 0 Å². The number of nitrogens with one attached hydrogen (secondary N) is 2. The van der Waals surface area contributed by atoms with Crippen molar-refractivity contribution >= 4 is 28.5 Å². The summed E-state index contributed by atoms with van der Waals surface area (Å²) in [5.74, 6) is 0.0152. The van der Waals surface area contributed by atoms with Crippen molar-refractivity contribution in [2.75, 3.05) is 39.0 Å². The fourth-order valence-electron chi connectivity index (χ4n) is 4.16. The van der Waals surface area contributed by atoms with Gasteiger partial charge in [-0.15, -0.1) is 0 Å². The van der Waals surface area contributed by atoms with Crippen molar-refractivity contribution < 1.29 is 14.7 Å². The van der Waals surface area contributed by atoms with Crippen LogP contribution in [0.15, 0.2) is 54.7 Å². The Morgan fingerprint density at radius 2 is 1.91 bits per heavy atom. The fourth-order valence-corrected chi connectivity index (χ4v) is 4.16. The third-order valence-electron chi connectivity index (χ3n) is 6.01. The molecule has 3 aromatic rings. The minimum atomic E-state index is -0.647. The molecule has 0 spiro atoms. The van der Waals surface area contributed by atoms with Crippen LogP contribution in [0, 0.1) is 0 Å². The predicted molar refractivity (Wildman–Crippen MR) is 129 cm³/mol. The average Bonchev–Trinajstić information content (AvgIpc) is 3.19. The highest BCUT2D eigenvalue weighted by atomic mass is 16.3. The number of benzene rings is 2. The number of carbonyl (C=O) groups excluding carboxylic acids is 2. The van der Waals surface area contributed by atoms with Crippen molar-refractivity contribution in [1.82, 2.24) is 19.7 Å².